The van der Waals surface area contributed by atoms with E-state index in [2.05, 4.69) is 152 Å². The number of nitriles is 2. The Hall–Kier alpha value is -9.90. The van der Waals surface area contributed by atoms with Crippen molar-refractivity contribution in [2.24, 2.45) is 0 Å². The number of ether oxygens (including phenoxy) is 4. The van der Waals surface area contributed by atoms with Gasteiger partial charge in [-0.25, -0.2) is 9.97 Å². The first-order valence-corrected chi connectivity index (χ1v) is 31.8. The van der Waals surface area contributed by atoms with Crippen molar-refractivity contribution in [2.45, 2.75) is 105 Å². The Kier molecular flexibility index (Phi) is 23.1. The van der Waals surface area contributed by atoms with Gasteiger partial charge in [0, 0.05) is 98.4 Å². The number of carboxylic acids is 2. The third-order valence-electron chi connectivity index (χ3n) is 16.5. The maximum atomic E-state index is 11.7. The van der Waals surface area contributed by atoms with Gasteiger partial charge < -0.3 is 48.1 Å². The van der Waals surface area contributed by atoms with Crippen LogP contribution in [0.1, 0.15) is 83.3 Å². The third kappa shape index (κ3) is 17.9. The number of halogens is 2. The largest absolute Gasteiger partial charge is 0.488 e. The van der Waals surface area contributed by atoms with E-state index in [4.69, 9.17) is 42.1 Å². The molecule has 0 aliphatic rings. The van der Waals surface area contributed by atoms with Crippen LogP contribution in [0.5, 0.6) is 23.0 Å². The fourth-order valence-electron chi connectivity index (χ4n) is 10.3. The quantitative estimate of drug-likeness (QED) is 0.0356. The Morgan fingerprint density at radius 1 is 0.531 bits per heavy atom. The Labute approximate surface area is 569 Å². The summed E-state index contributed by atoms with van der Waals surface area (Å²) in [5, 5.41) is 44.5. The highest BCUT2D eigenvalue weighted by Gasteiger charge is 2.29. The summed E-state index contributed by atoms with van der Waals surface area (Å²) in [6, 6.07) is 39.5. The minimum Gasteiger partial charge on any atom is -0.488 e. The van der Waals surface area contributed by atoms with Crippen LogP contribution in [0, 0.1) is 36.5 Å². The number of carboxylic acid groups (broad SMARTS) is 2. The topological polar surface area (TPSA) is 251 Å². The van der Waals surface area contributed by atoms with Crippen molar-refractivity contribution in [3.63, 3.8) is 0 Å². The lowest BCUT2D eigenvalue weighted by Gasteiger charge is -2.23. The first-order chi connectivity index (χ1) is 45.9. The third-order valence-corrected chi connectivity index (χ3v) is 17.1. The molecule has 4 N–H and O–H groups in total. The van der Waals surface area contributed by atoms with Crippen LogP contribution in [0.3, 0.4) is 0 Å². The van der Waals surface area contributed by atoms with E-state index in [0.29, 0.717) is 66.4 Å². The zero-order valence-electron chi connectivity index (χ0n) is 55.5. The number of pyridine rings is 2. The van der Waals surface area contributed by atoms with E-state index in [1.807, 2.05) is 36.9 Å². The number of hydrogen-bond acceptors (Lipinski definition) is 16. The Bertz CT molecular complexity index is 4530. The SMILES string of the molecule is Cc1c(COc2cc(OCc3cncc(C#N)c3)c(CNC(C)(C)C(=O)O)cc2Cl)cccc1-c1ccc2c(c1)ncn2CCN(C)C.Cc1c(COc2cc(OCc3cncc(C#N)c3)c(CNC(C)(C)C(=O)O)cc2Cl)cccc1-c1ccc2ncn(CCN(C)C)c2c1. The molecule has 10 aromatic rings. The number of likely N-dealkylation sites (N-methyl/N-ethyl adjacent to an activating group) is 2. The van der Waals surface area contributed by atoms with Gasteiger partial charge in [-0.3, -0.25) is 30.2 Å². The second-order valence-corrected chi connectivity index (χ2v) is 25.8. The molecule has 0 atom stereocenters. The van der Waals surface area contributed by atoms with Crippen molar-refractivity contribution >= 4 is 57.2 Å². The van der Waals surface area contributed by atoms with Crippen molar-refractivity contribution in [1.82, 2.24) is 49.5 Å². The van der Waals surface area contributed by atoms with Crippen LogP contribution in [0.2, 0.25) is 10.0 Å². The summed E-state index contributed by atoms with van der Waals surface area (Å²) in [4.78, 5) is 45.2. The molecule has 0 fully saturated rings. The molecule has 20 nitrogen and oxygen atoms in total. The monoisotopic (exact) mass is 1330 g/mol. The van der Waals surface area contributed by atoms with Crippen molar-refractivity contribution in [3.05, 3.63) is 212 Å². The van der Waals surface area contributed by atoms with Crippen LogP contribution in [-0.4, -0.2) is 113 Å². The van der Waals surface area contributed by atoms with E-state index in [1.54, 1.807) is 76.5 Å². The smallest absolute Gasteiger partial charge is 0.323 e. The zero-order valence-corrected chi connectivity index (χ0v) is 57.0. The molecule has 0 saturated carbocycles. The van der Waals surface area contributed by atoms with Crippen molar-refractivity contribution < 1.29 is 38.7 Å². The maximum Gasteiger partial charge on any atom is 0.323 e. The van der Waals surface area contributed by atoms with Gasteiger partial charge in [0.2, 0.25) is 0 Å². The Morgan fingerprint density at radius 3 is 1.43 bits per heavy atom. The van der Waals surface area contributed by atoms with E-state index >= 15 is 0 Å². The predicted octanol–water partition coefficient (Wildman–Crippen LogP) is 13.2. The molecular weight excluding hydrogens is 1260 g/mol. The molecule has 6 aromatic carbocycles. The first-order valence-electron chi connectivity index (χ1n) is 31.1. The maximum absolute atomic E-state index is 11.7. The number of rotatable bonds is 28. The van der Waals surface area contributed by atoms with Gasteiger partial charge in [0.05, 0.1) is 55.9 Å². The Morgan fingerprint density at radius 2 is 0.969 bits per heavy atom. The van der Waals surface area contributed by atoms with Gasteiger partial charge in [-0.1, -0.05) is 71.7 Å². The summed E-state index contributed by atoms with van der Waals surface area (Å²) in [6.45, 7) is 15.2. The first kappa shape index (κ1) is 70.4. The van der Waals surface area contributed by atoms with Crippen molar-refractivity contribution in [1.29, 1.82) is 10.5 Å². The van der Waals surface area contributed by atoms with Crippen molar-refractivity contribution in [2.75, 3.05) is 41.3 Å². The van der Waals surface area contributed by atoms with Crippen LogP contribution in [0.15, 0.2) is 147 Å². The van der Waals surface area contributed by atoms with E-state index in [1.165, 1.54) is 12.4 Å². The molecule has 0 amide bonds. The van der Waals surface area contributed by atoms with Crippen LogP contribution in [0.4, 0.5) is 0 Å². The van der Waals surface area contributed by atoms with Gasteiger partial charge in [0.15, 0.2) is 0 Å². The van der Waals surface area contributed by atoms with Crippen LogP contribution < -0.4 is 29.6 Å². The molecule has 0 aliphatic heterocycles. The van der Waals surface area contributed by atoms with E-state index in [-0.39, 0.29) is 39.5 Å². The van der Waals surface area contributed by atoms with E-state index in [9.17, 15) is 30.3 Å². The lowest BCUT2D eigenvalue weighted by Crippen LogP contribution is -2.46. The molecule has 496 valence electrons. The second kappa shape index (κ2) is 31.6. The summed E-state index contributed by atoms with van der Waals surface area (Å²) in [7, 11) is 8.25. The molecule has 22 heteroatoms. The van der Waals surface area contributed by atoms with E-state index in [0.717, 1.165) is 92.8 Å². The summed E-state index contributed by atoms with van der Waals surface area (Å²) < 4.78 is 29.3. The van der Waals surface area contributed by atoms with Gasteiger partial charge in [-0.05, 0) is 163 Å². The number of aliphatic carboxylic acids is 2. The number of hydrogen-bond donors (Lipinski definition) is 4. The average Bonchev–Trinajstić information content (AvgIpc) is 1.21. The summed E-state index contributed by atoms with van der Waals surface area (Å²) in [5.41, 5.74) is 13.9. The molecule has 0 unspecified atom stereocenters. The molecule has 10 rings (SSSR count). The van der Waals surface area contributed by atoms with Crippen LogP contribution >= 0.6 is 23.2 Å². The van der Waals surface area contributed by atoms with E-state index < -0.39 is 23.0 Å². The molecule has 0 bridgehead atoms. The highest BCUT2D eigenvalue weighted by Crippen LogP contribution is 2.38. The summed E-state index contributed by atoms with van der Waals surface area (Å²) >= 11 is 13.4. The summed E-state index contributed by atoms with van der Waals surface area (Å²) in [6.07, 6.45) is 10.0. The number of aromatic nitrogens is 6. The molecule has 0 aliphatic carbocycles. The standard InChI is InChI=1S/2C37H39ClN6O4/c1-24-28(7-6-8-30(24)27-9-10-33-32(15-27)41-23-44(33)12-11-43(4)5)22-48-35-16-34(47-21-26-13-25(17-39)18-40-19-26)29(14-31(35)38)20-42-37(2,3)36(45)46;1-24-28(7-6-8-30(24)27-9-10-32-33(15-27)44(23-41-32)12-11-43(4)5)22-48-35-16-34(47-21-26-13-25(17-39)18-40-19-26)29(14-31(35)38)20-42-37(2,3)36(45)46/h2*6-10,13-16,18-19,23,42H,11-12,20-22H2,1-5H3,(H,45,46). The molecule has 0 saturated heterocycles. The van der Waals surface area contributed by atoms with Gasteiger partial charge in [0.25, 0.3) is 0 Å². The normalized spacial score (nSPS) is 11.5. The average molecular weight is 1330 g/mol. The number of nitrogens with one attached hydrogen (secondary N) is 2. The molecule has 4 heterocycles. The van der Waals surface area contributed by atoms with Crippen molar-refractivity contribution in [3.8, 4) is 57.4 Å². The summed E-state index contributed by atoms with van der Waals surface area (Å²) in [5.74, 6) is -0.186. The highest BCUT2D eigenvalue weighted by atomic mass is 35.5. The predicted molar refractivity (Wildman–Crippen MR) is 372 cm³/mol. The minimum absolute atomic E-state index is 0.137. The van der Waals surface area contributed by atoms with Crippen LogP contribution in [-0.2, 0) is 62.2 Å². The molecule has 0 radical (unpaired) electrons. The number of fused-ring (bicyclic) bond motifs is 2. The van der Waals surface area contributed by atoms with Gasteiger partial charge in [0.1, 0.15) is 72.6 Å². The highest BCUT2D eigenvalue weighted by molar-refractivity contribution is 6.32. The fourth-order valence-corrected chi connectivity index (χ4v) is 10.8. The van der Waals surface area contributed by atoms with Crippen LogP contribution in [0.25, 0.3) is 44.3 Å². The lowest BCUT2D eigenvalue weighted by atomic mass is 9.96. The van der Waals surface area contributed by atoms with Gasteiger partial charge in [-0.2, -0.15) is 10.5 Å². The van der Waals surface area contributed by atoms with Gasteiger partial charge in [-0.15, -0.1) is 0 Å². The molecule has 4 aromatic heterocycles. The number of carbonyl (C=O) groups is 2. The zero-order chi connectivity index (χ0) is 68.8. The number of benzene rings is 6. The second-order valence-electron chi connectivity index (χ2n) is 25.0. The fraction of sp³-hybridized carbons (Fsp3) is 0.297. The molecule has 0 spiro atoms. The lowest BCUT2D eigenvalue weighted by molar-refractivity contribution is -0.144. The Balaban J connectivity index is 0.000000225. The minimum atomic E-state index is -1.18. The molecular formula is C74H78Cl2N12O8. The number of imidazole rings is 2. The number of nitrogens with zero attached hydrogens (tertiary/aromatic N) is 10. The molecule has 96 heavy (non-hydrogen) atoms. The van der Waals surface area contributed by atoms with Gasteiger partial charge >= 0.3 is 11.9 Å².